The van der Waals surface area contributed by atoms with Gasteiger partial charge in [0, 0.05) is 6.42 Å². The molecule has 232 valence electrons. The van der Waals surface area contributed by atoms with Gasteiger partial charge in [-0.2, -0.15) is 0 Å². The van der Waals surface area contributed by atoms with Crippen LogP contribution in [-0.2, 0) is 28.5 Å². The third-order valence-electron chi connectivity index (χ3n) is 6.36. The predicted octanol–water partition coefficient (Wildman–Crippen LogP) is 6.08. The SMILES string of the molecule is C=C1CCC(COC(=O)C(NC(=O)OC(C)(C)C)c2ccccc2)(OC(=O)C(NC(=O)OC(C)(C)C)c2ccccc2)C1. The van der Waals surface area contributed by atoms with Crippen molar-refractivity contribution in [1.29, 1.82) is 0 Å². The summed E-state index contributed by atoms with van der Waals surface area (Å²) in [6.45, 7) is 14.1. The van der Waals surface area contributed by atoms with Crippen LogP contribution in [0.15, 0.2) is 72.8 Å². The van der Waals surface area contributed by atoms with E-state index in [0.29, 0.717) is 24.0 Å². The highest BCUT2D eigenvalue weighted by molar-refractivity contribution is 5.84. The second-order valence-corrected chi connectivity index (χ2v) is 12.6. The zero-order valence-corrected chi connectivity index (χ0v) is 25.7. The van der Waals surface area contributed by atoms with Gasteiger partial charge in [-0.3, -0.25) is 0 Å². The van der Waals surface area contributed by atoms with Gasteiger partial charge < -0.3 is 29.6 Å². The Labute approximate surface area is 253 Å². The average Bonchev–Trinajstić information content (AvgIpc) is 3.28. The molecule has 0 bridgehead atoms. The smallest absolute Gasteiger partial charge is 0.408 e. The molecule has 10 nitrogen and oxygen atoms in total. The standard InChI is InChI=1S/C33H42N2O8/c1-22-18-19-33(20-22,41-28(37)26(24-16-12-9-13-17-24)35-30(39)43-32(5,6)7)21-40-27(36)25(23-14-10-8-11-15-23)34-29(38)42-31(2,3)4/h8-17,25-26H,1,18-21H2,2-7H3,(H,34,38)(H,35,39). The van der Waals surface area contributed by atoms with Gasteiger partial charge in [0.15, 0.2) is 12.1 Å². The Bertz CT molecular complexity index is 1300. The maximum absolute atomic E-state index is 13.7. The van der Waals surface area contributed by atoms with E-state index in [1.165, 1.54) is 0 Å². The van der Waals surface area contributed by atoms with Crippen molar-refractivity contribution < 1.29 is 38.1 Å². The van der Waals surface area contributed by atoms with E-state index >= 15 is 0 Å². The van der Waals surface area contributed by atoms with Gasteiger partial charge in [0.2, 0.25) is 0 Å². The summed E-state index contributed by atoms with van der Waals surface area (Å²) in [6, 6.07) is 14.9. The van der Waals surface area contributed by atoms with Crippen LogP contribution in [0.3, 0.4) is 0 Å². The summed E-state index contributed by atoms with van der Waals surface area (Å²) in [7, 11) is 0. The Hall–Kier alpha value is -4.34. The number of esters is 2. The molecular formula is C33H42N2O8. The predicted molar refractivity (Wildman–Crippen MR) is 160 cm³/mol. The molecule has 0 heterocycles. The molecule has 3 unspecified atom stereocenters. The summed E-state index contributed by atoms with van der Waals surface area (Å²) < 4.78 is 22.5. The topological polar surface area (TPSA) is 129 Å². The zero-order valence-electron chi connectivity index (χ0n) is 25.7. The van der Waals surface area contributed by atoms with Crippen molar-refractivity contribution >= 4 is 24.1 Å². The normalized spacial score (nSPS) is 18.1. The number of carbonyl (C=O) groups excluding carboxylic acids is 4. The summed E-state index contributed by atoms with van der Waals surface area (Å²) in [5.74, 6) is -1.49. The van der Waals surface area contributed by atoms with Gasteiger partial charge in [-0.1, -0.05) is 72.8 Å². The van der Waals surface area contributed by atoms with E-state index in [4.69, 9.17) is 18.9 Å². The molecule has 1 aliphatic carbocycles. The van der Waals surface area contributed by atoms with E-state index in [0.717, 1.165) is 5.57 Å². The van der Waals surface area contributed by atoms with E-state index in [1.54, 1.807) is 102 Å². The van der Waals surface area contributed by atoms with E-state index < -0.39 is 53.0 Å². The van der Waals surface area contributed by atoms with Crippen LogP contribution in [0.1, 0.15) is 84.0 Å². The Morgan fingerprint density at radius 2 is 1.21 bits per heavy atom. The van der Waals surface area contributed by atoms with E-state index in [9.17, 15) is 19.2 Å². The molecule has 1 aliphatic rings. The van der Waals surface area contributed by atoms with Gasteiger partial charge in [0.1, 0.15) is 23.4 Å². The fourth-order valence-electron chi connectivity index (χ4n) is 4.53. The van der Waals surface area contributed by atoms with Crippen molar-refractivity contribution in [2.24, 2.45) is 0 Å². The molecule has 3 rings (SSSR count). The molecule has 1 saturated carbocycles. The Morgan fingerprint density at radius 1 is 0.767 bits per heavy atom. The average molecular weight is 595 g/mol. The van der Waals surface area contributed by atoms with Gasteiger partial charge in [0.05, 0.1) is 0 Å². The molecule has 43 heavy (non-hydrogen) atoms. The highest BCUT2D eigenvalue weighted by atomic mass is 16.6. The molecule has 0 radical (unpaired) electrons. The van der Waals surface area contributed by atoms with Crippen LogP contribution in [0.4, 0.5) is 9.59 Å². The van der Waals surface area contributed by atoms with Crippen LogP contribution in [-0.4, -0.2) is 47.5 Å². The molecule has 1 fully saturated rings. The first-order valence-electron chi connectivity index (χ1n) is 14.2. The zero-order chi connectivity index (χ0) is 31.8. The quantitative estimate of drug-likeness (QED) is 0.203. The minimum Gasteiger partial charge on any atom is -0.460 e. The lowest BCUT2D eigenvalue weighted by atomic mass is 10.0. The minimum absolute atomic E-state index is 0.259. The highest BCUT2D eigenvalue weighted by Crippen LogP contribution is 2.38. The van der Waals surface area contributed by atoms with Crippen LogP contribution in [0, 0.1) is 0 Å². The summed E-state index contributed by atoms with van der Waals surface area (Å²) in [6.07, 6.45) is -0.399. The number of alkyl carbamates (subject to hydrolysis) is 2. The van der Waals surface area contributed by atoms with Crippen molar-refractivity contribution in [3.63, 3.8) is 0 Å². The second-order valence-electron chi connectivity index (χ2n) is 12.6. The molecule has 2 aromatic rings. The Morgan fingerprint density at radius 3 is 1.60 bits per heavy atom. The molecule has 0 saturated heterocycles. The monoisotopic (exact) mass is 594 g/mol. The first-order valence-corrected chi connectivity index (χ1v) is 14.2. The van der Waals surface area contributed by atoms with Crippen LogP contribution in [0.2, 0.25) is 0 Å². The fraction of sp³-hybridized carbons (Fsp3) is 0.455. The molecule has 2 aromatic carbocycles. The van der Waals surface area contributed by atoms with Gasteiger partial charge >= 0.3 is 24.1 Å². The van der Waals surface area contributed by atoms with Gasteiger partial charge in [-0.25, -0.2) is 19.2 Å². The van der Waals surface area contributed by atoms with Crippen molar-refractivity contribution in [1.82, 2.24) is 10.6 Å². The lowest BCUT2D eigenvalue weighted by Crippen LogP contribution is -2.45. The molecule has 2 amide bonds. The van der Waals surface area contributed by atoms with Gasteiger partial charge in [0.25, 0.3) is 0 Å². The Kier molecular flexibility index (Phi) is 10.6. The first-order chi connectivity index (χ1) is 20.1. The third-order valence-corrected chi connectivity index (χ3v) is 6.36. The minimum atomic E-state index is -1.22. The van der Waals surface area contributed by atoms with E-state index in [2.05, 4.69) is 17.2 Å². The summed E-state index contributed by atoms with van der Waals surface area (Å²) in [5.41, 5.74) is -0.971. The number of nitrogens with one attached hydrogen (secondary N) is 2. The van der Waals surface area contributed by atoms with Gasteiger partial charge in [-0.15, -0.1) is 0 Å². The molecule has 0 spiro atoms. The summed E-state index contributed by atoms with van der Waals surface area (Å²) in [5, 5.41) is 5.19. The van der Waals surface area contributed by atoms with Crippen molar-refractivity contribution in [3.05, 3.63) is 83.9 Å². The molecule has 0 aliphatic heterocycles. The van der Waals surface area contributed by atoms with Crippen LogP contribution < -0.4 is 10.6 Å². The van der Waals surface area contributed by atoms with Crippen LogP contribution >= 0.6 is 0 Å². The van der Waals surface area contributed by atoms with Crippen molar-refractivity contribution in [3.8, 4) is 0 Å². The van der Waals surface area contributed by atoms with Crippen molar-refractivity contribution in [2.75, 3.05) is 6.61 Å². The van der Waals surface area contributed by atoms with Crippen LogP contribution in [0.5, 0.6) is 0 Å². The lowest BCUT2D eigenvalue weighted by molar-refractivity contribution is -0.174. The maximum Gasteiger partial charge on any atom is 0.408 e. The second kappa shape index (κ2) is 13.8. The maximum atomic E-state index is 13.7. The molecule has 2 N–H and O–H groups in total. The number of benzene rings is 2. The Balaban J connectivity index is 1.81. The molecule has 3 atom stereocenters. The van der Waals surface area contributed by atoms with Gasteiger partial charge in [-0.05, 0) is 65.5 Å². The molecular weight excluding hydrogens is 552 g/mol. The highest BCUT2D eigenvalue weighted by Gasteiger charge is 2.43. The summed E-state index contributed by atoms with van der Waals surface area (Å²) in [4.78, 5) is 52.3. The molecule has 0 aromatic heterocycles. The largest absolute Gasteiger partial charge is 0.460 e. The number of hydrogen-bond acceptors (Lipinski definition) is 8. The lowest BCUT2D eigenvalue weighted by Gasteiger charge is -2.31. The number of carbonyl (C=O) groups is 4. The summed E-state index contributed by atoms with van der Waals surface area (Å²) >= 11 is 0. The first kappa shape index (κ1) is 33.2. The number of rotatable bonds is 9. The molecule has 10 heteroatoms. The fourth-order valence-corrected chi connectivity index (χ4v) is 4.53. The van der Waals surface area contributed by atoms with Crippen LogP contribution in [0.25, 0.3) is 0 Å². The number of hydrogen-bond donors (Lipinski definition) is 2. The van der Waals surface area contributed by atoms with E-state index in [-0.39, 0.29) is 13.0 Å². The number of amides is 2. The third kappa shape index (κ3) is 10.5. The van der Waals surface area contributed by atoms with E-state index in [1.807, 2.05) is 0 Å². The van der Waals surface area contributed by atoms with Crippen molar-refractivity contribution in [2.45, 2.75) is 89.7 Å². The number of ether oxygens (including phenoxy) is 4.